The summed E-state index contributed by atoms with van der Waals surface area (Å²) in [5, 5.41) is 11.6. The highest BCUT2D eigenvalue weighted by atomic mass is 35.5. The van der Waals surface area contributed by atoms with E-state index in [4.69, 9.17) is 11.6 Å². The zero-order valence-electron chi connectivity index (χ0n) is 9.22. The molecule has 0 atom stereocenters. The van der Waals surface area contributed by atoms with Gasteiger partial charge >= 0.3 is 0 Å². The van der Waals surface area contributed by atoms with Crippen LogP contribution < -0.4 is 0 Å². The highest BCUT2D eigenvalue weighted by Crippen LogP contribution is 2.37. The average molecular weight is 271 g/mol. The maximum Gasteiger partial charge on any atom is 0.112 e. The third-order valence-corrected chi connectivity index (χ3v) is 4.46. The maximum atomic E-state index is 6.05. The second-order valence-corrected chi connectivity index (χ2v) is 5.63. The van der Waals surface area contributed by atoms with E-state index in [1.165, 1.54) is 9.40 Å². The lowest BCUT2D eigenvalue weighted by molar-refractivity contribution is 1.13. The molecule has 0 fully saturated rings. The van der Waals surface area contributed by atoms with Gasteiger partial charge in [0.15, 0.2) is 0 Å². The lowest BCUT2D eigenvalue weighted by atomic mass is 10.2. The molecule has 2 heterocycles. The van der Waals surface area contributed by atoms with Crippen molar-refractivity contribution in [2.24, 2.45) is 0 Å². The summed E-state index contributed by atoms with van der Waals surface area (Å²) in [6.07, 6.45) is 0. The topological polar surface area (TPSA) is 25.8 Å². The van der Waals surface area contributed by atoms with Gasteiger partial charge in [0, 0.05) is 20.5 Å². The van der Waals surface area contributed by atoms with Crippen LogP contribution in [0.5, 0.6) is 0 Å². The number of rotatable bonds is 0. The van der Waals surface area contributed by atoms with Gasteiger partial charge in [-0.2, -0.15) is 0 Å². The van der Waals surface area contributed by atoms with Crippen molar-refractivity contribution < 1.29 is 0 Å². The molecule has 0 aliphatic heterocycles. The first kappa shape index (κ1) is 10.2. The van der Waals surface area contributed by atoms with Crippen LogP contribution in [0.15, 0.2) is 42.5 Å². The minimum absolute atomic E-state index is 0.733. The molecule has 0 saturated heterocycles. The van der Waals surface area contributed by atoms with Crippen LogP contribution in [0.4, 0.5) is 0 Å². The van der Waals surface area contributed by atoms with Crippen LogP contribution in [-0.4, -0.2) is 10.2 Å². The van der Waals surface area contributed by atoms with Gasteiger partial charge in [0.1, 0.15) is 5.52 Å². The summed E-state index contributed by atoms with van der Waals surface area (Å²) in [6.45, 7) is 0. The summed E-state index contributed by atoms with van der Waals surface area (Å²) >= 11 is 7.79. The smallest absolute Gasteiger partial charge is 0.112 e. The van der Waals surface area contributed by atoms with Crippen molar-refractivity contribution in [3.05, 3.63) is 47.5 Å². The van der Waals surface area contributed by atoms with Gasteiger partial charge in [-0.15, -0.1) is 21.5 Å². The van der Waals surface area contributed by atoms with Crippen molar-refractivity contribution in [1.82, 2.24) is 10.2 Å². The molecule has 4 heteroatoms. The number of halogens is 1. The van der Waals surface area contributed by atoms with Crippen LogP contribution in [0.1, 0.15) is 0 Å². The van der Waals surface area contributed by atoms with Gasteiger partial charge in [-0.05, 0) is 24.3 Å². The van der Waals surface area contributed by atoms with Gasteiger partial charge < -0.3 is 0 Å². The van der Waals surface area contributed by atoms with E-state index in [2.05, 4.69) is 16.3 Å². The van der Waals surface area contributed by atoms with Crippen molar-refractivity contribution in [3.8, 4) is 0 Å². The monoisotopic (exact) mass is 270 g/mol. The Hall–Kier alpha value is -1.71. The Morgan fingerprint density at radius 1 is 0.944 bits per heavy atom. The van der Waals surface area contributed by atoms with Gasteiger partial charge in [0.25, 0.3) is 0 Å². The molecule has 0 spiro atoms. The second kappa shape index (κ2) is 3.64. The Kier molecular flexibility index (Phi) is 2.07. The van der Waals surface area contributed by atoms with E-state index < -0.39 is 0 Å². The summed E-state index contributed by atoms with van der Waals surface area (Å²) in [7, 11) is 0. The van der Waals surface area contributed by atoms with Crippen LogP contribution in [0.2, 0.25) is 5.02 Å². The number of fused-ring (bicyclic) bond motifs is 5. The van der Waals surface area contributed by atoms with Gasteiger partial charge in [-0.1, -0.05) is 29.8 Å². The number of hydrogen-bond donors (Lipinski definition) is 0. The fourth-order valence-electron chi connectivity index (χ4n) is 2.20. The Labute approximate surface area is 112 Å². The minimum atomic E-state index is 0.733. The fourth-order valence-corrected chi connectivity index (χ4v) is 3.52. The molecule has 2 nitrogen and oxygen atoms in total. The third-order valence-electron chi connectivity index (χ3n) is 3.03. The largest absolute Gasteiger partial charge is 0.150 e. The molecule has 2 aromatic carbocycles. The zero-order chi connectivity index (χ0) is 12.1. The number of hydrogen-bond acceptors (Lipinski definition) is 3. The zero-order valence-corrected chi connectivity index (χ0v) is 10.8. The molecule has 0 N–H and O–H groups in total. The quantitative estimate of drug-likeness (QED) is 0.465. The van der Waals surface area contributed by atoms with Crippen LogP contribution in [0, 0.1) is 0 Å². The van der Waals surface area contributed by atoms with E-state index >= 15 is 0 Å². The van der Waals surface area contributed by atoms with Crippen molar-refractivity contribution in [1.29, 1.82) is 0 Å². The number of aromatic nitrogens is 2. The fraction of sp³-hybridized carbons (Fsp3) is 0. The molecule has 4 rings (SSSR count). The number of nitrogens with zero attached hydrogens (tertiary/aromatic N) is 2. The Morgan fingerprint density at radius 2 is 1.83 bits per heavy atom. The lowest BCUT2D eigenvalue weighted by Crippen LogP contribution is -1.83. The molecule has 0 aliphatic rings. The van der Waals surface area contributed by atoms with Gasteiger partial charge in [0.2, 0.25) is 0 Å². The number of benzene rings is 2. The van der Waals surface area contributed by atoms with Crippen LogP contribution >= 0.6 is 22.9 Å². The van der Waals surface area contributed by atoms with Gasteiger partial charge in [-0.3, -0.25) is 0 Å². The highest BCUT2D eigenvalue weighted by molar-refractivity contribution is 7.26. The van der Waals surface area contributed by atoms with Crippen molar-refractivity contribution >= 4 is 54.1 Å². The van der Waals surface area contributed by atoms with E-state index in [0.717, 1.165) is 26.8 Å². The van der Waals surface area contributed by atoms with Crippen LogP contribution in [0.25, 0.3) is 31.2 Å². The standard InChI is InChI=1S/C14H7ClN2S/c15-8-5-6-12-10(7-8)13-14(18-12)9-3-1-2-4-11(9)16-17-13/h1-7H. The predicted octanol–water partition coefficient (Wildman–Crippen LogP) is 4.65. The Bertz CT molecular complexity index is 898. The number of thiophene rings is 1. The molecule has 0 amide bonds. The summed E-state index contributed by atoms with van der Waals surface area (Å²) in [5.74, 6) is 0. The van der Waals surface area contributed by atoms with Crippen LogP contribution in [0.3, 0.4) is 0 Å². The average Bonchev–Trinajstić information content (AvgIpc) is 2.77. The van der Waals surface area contributed by atoms with Gasteiger partial charge in [-0.25, -0.2) is 0 Å². The first-order valence-electron chi connectivity index (χ1n) is 5.56. The lowest BCUT2D eigenvalue weighted by Gasteiger charge is -1.96. The summed E-state index contributed by atoms with van der Waals surface area (Å²) in [5.41, 5.74) is 1.87. The second-order valence-electron chi connectivity index (χ2n) is 4.14. The summed E-state index contributed by atoms with van der Waals surface area (Å²) in [4.78, 5) is 0. The van der Waals surface area contributed by atoms with Crippen molar-refractivity contribution in [2.75, 3.05) is 0 Å². The SMILES string of the molecule is Clc1ccc2sc3c4ccccc4nnc3c2c1. The van der Waals surface area contributed by atoms with Crippen molar-refractivity contribution in [3.63, 3.8) is 0 Å². The Balaban J connectivity index is 2.30. The maximum absolute atomic E-state index is 6.05. The highest BCUT2D eigenvalue weighted by Gasteiger charge is 2.10. The van der Waals surface area contributed by atoms with E-state index in [0.29, 0.717) is 0 Å². The molecule has 0 radical (unpaired) electrons. The summed E-state index contributed by atoms with van der Waals surface area (Å²) < 4.78 is 2.37. The molecule has 2 aromatic heterocycles. The molecule has 0 bridgehead atoms. The van der Waals surface area contributed by atoms with Crippen LogP contribution in [-0.2, 0) is 0 Å². The normalized spacial score (nSPS) is 11.6. The predicted molar refractivity (Wildman–Crippen MR) is 77.4 cm³/mol. The summed E-state index contributed by atoms with van der Waals surface area (Å²) in [6, 6.07) is 14.0. The molecular formula is C14H7ClN2S. The van der Waals surface area contributed by atoms with Gasteiger partial charge in [0.05, 0.1) is 10.2 Å². The van der Waals surface area contributed by atoms with E-state index in [1.807, 2.05) is 36.4 Å². The van der Waals surface area contributed by atoms with E-state index in [-0.39, 0.29) is 0 Å². The van der Waals surface area contributed by atoms with E-state index in [1.54, 1.807) is 11.3 Å². The first-order chi connectivity index (χ1) is 8.83. The molecule has 0 unspecified atom stereocenters. The molecule has 4 aromatic rings. The minimum Gasteiger partial charge on any atom is -0.150 e. The molecule has 0 aliphatic carbocycles. The molecule has 86 valence electrons. The van der Waals surface area contributed by atoms with Crippen molar-refractivity contribution in [2.45, 2.75) is 0 Å². The molecule has 18 heavy (non-hydrogen) atoms. The molecule has 0 saturated carbocycles. The first-order valence-corrected chi connectivity index (χ1v) is 6.75. The third kappa shape index (κ3) is 1.35. The molecular weight excluding hydrogens is 264 g/mol. The Morgan fingerprint density at radius 3 is 2.78 bits per heavy atom. The van der Waals surface area contributed by atoms with E-state index in [9.17, 15) is 0 Å².